The van der Waals surface area contributed by atoms with Crippen molar-refractivity contribution in [2.75, 3.05) is 12.1 Å². The molecule has 0 fully saturated rings. The van der Waals surface area contributed by atoms with Gasteiger partial charge in [0.25, 0.3) is 0 Å². The molecule has 3 nitrogen and oxygen atoms in total. The highest BCUT2D eigenvalue weighted by molar-refractivity contribution is 6.36. The van der Waals surface area contributed by atoms with Gasteiger partial charge in [-0.2, -0.15) is 18.3 Å². The molecule has 122 valence electrons. The predicted molar refractivity (Wildman–Crippen MR) is 86.7 cm³/mol. The molecule has 0 spiro atoms. The summed E-state index contributed by atoms with van der Waals surface area (Å²) in [6.07, 6.45) is -2.38. The number of rotatable bonds is 3. The number of nitrogens with zero attached hydrogens (tertiary/aromatic N) is 3. The van der Waals surface area contributed by atoms with Crippen LogP contribution in [0.4, 0.5) is 19.0 Å². The Hall–Kier alpha value is -1.50. The van der Waals surface area contributed by atoms with Gasteiger partial charge in [0.1, 0.15) is 0 Å². The van der Waals surface area contributed by atoms with E-state index in [0.717, 1.165) is 6.07 Å². The van der Waals surface area contributed by atoms with Crippen molar-refractivity contribution in [2.24, 2.45) is 5.10 Å². The molecule has 0 saturated heterocycles. The van der Waals surface area contributed by atoms with Crippen molar-refractivity contribution in [1.29, 1.82) is 0 Å². The fraction of sp³-hybridized carbons (Fsp3) is 0.143. The second-order valence-electron chi connectivity index (χ2n) is 4.46. The summed E-state index contributed by atoms with van der Waals surface area (Å²) in [5.41, 5.74) is -0.338. The lowest BCUT2D eigenvalue weighted by molar-refractivity contribution is -0.137. The molecular weight excluding hydrogens is 374 g/mol. The number of halogens is 6. The zero-order valence-corrected chi connectivity index (χ0v) is 13.8. The molecule has 1 aromatic heterocycles. The molecule has 0 aliphatic rings. The van der Waals surface area contributed by atoms with Gasteiger partial charge in [-0.3, -0.25) is 0 Å². The molecule has 1 aromatic carbocycles. The Morgan fingerprint density at radius 2 is 1.83 bits per heavy atom. The monoisotopic (exact) mass is 381 g/mol. The van der Waals surface area contributed by atoms with Crippen LogP contribution in [0.1, 0.15) is 11.1 Å². The quantitative estimate of drug-likeness (QED) is 0.516. The average molecular weight is 383 g/mol. The van der Waals surface area contributed by atoms with E-state index in [2.05, 4.69) is 10.1 Å². The van der Waals surface area contributed by atoms with E-state index in [0.29, 0.717) is 21.8 Å². The summed E-state index contributed by atoms with van der Waals surface area (Å²) in [4.78, 5) is 3.70. The van der Waals surface area contributed by atoms with E-state index in [9.17, 15) is 13.2 Å². The summed E-state index contributed by atoms with van der Waals surface area (Å²) in [5, 5.41) is 6.01. The molecule has 0 bridgehead atoms. The second-order valence-corrected chi connectivity index (χ2v) is 5.71. The minimum absolute atomic E-state index is 0.0843. The third-order valence-corrected chi connectivity index (χ3v) is 3.63. The lowest BCUT2D eigenvalue weighted by Gasteiger charge is -2.15. The van der Waals surface area contributed by atoms with Crippen LogP contribution in [0.2, 0.25) is 15.1 Å². The molecule has 0 amide bonds. The van der Waals surface area contributed by atoms with Crippen LogP contribution < -0.4 is 5.01 Å². The number of hydrogen-bond donors (Lipinski definition) is 0. The van der Waals surface area contributed by atoms with Gasteiger partial charge in [0, 0.05) is 23.8 Å². The van der Waals surface area contributed by atoms with Gasteiger partial charge < -0.3 is 0 Å². The van der Waals surface area contributed by atoms with Gasteiger partial charge in [-0.05, 0) is 18.2 Å². The van der Waals surface area contributed by atoms with Gasteiger partial charge in [-0.1, -0.05) is 40.9 Å². The highest BCUT2D eigenvalue weighted by Gasteiger charge is 2.31. The number of pyridine rings is 1. The van der Waals surface area contributed by atoms with Crippen molar-refractivity contribution in [3.05, 3.63) is 56.7 Å². The molecule has 0 N–H and O–H groups in total. The molecular formula is C14H9Cl3F3N3. The van der Waals surface area contributed by atoms with Crippen LogP contribution in [0.15, 0.2) is 35.6 Å². The number of hydrazone groups is 1. The highest BCUT2D eigenvalue weighted by atomic mass is 35.5. The molecule has 0 atom stereocenters. The number of aromatic nitrogens is 1. The first-order valence-electron chi connectivity index (χ1n) is 6.14. The molecule has 0 saturated carbocycles. The third kappa shape index (κ3) is 4.50. The van der Waals surface area contributed by atoms with Crippen molar-refractivity contribution in [3.63, 3.8) is 0 Å². The Kier molecular flexibility index (Phi) is 5.39. The normalized spacial score (nSPS) is 12.0. The van der Waals surface area contributed by atoms with E-state index in [1.165, 1.54) is 18.3 Å². The third-order valence-electron chi connectivity index (χ3n) is 2.79. The van der Waals surface area contributed by atoms with E-state index in [-0.39, 0.29) is 10.8 Å². The molecule has 1 heterocycles. The highest BCUT2D eigenvalue weighted by Crippen LogP contribution is 2.33. The first-order valence-corrected chi connectivity index (χ1v) is 7.27. The van der Waals surface area contributed by atoms with E-state index in [1.54, 1.807) is 18.2 Å². The average Bonchev–Trinajstić information content (AvgIpc) is 2.45. The second kappa shape index (κ2) is 6.95. The molecule has 2 rings (SSSR count). The van der Waals surface area contributed by atoms with Crippen LogP contribution in [0.5, 0.6) is 0 Å². The molecule has 0 aliphatic heterocycles. The number of anilines is 1. The smallest absolute Gasteiger partial charge is 0.250 e. The van der Waals surface area contributed by atoms with Crippen LogP contribution in [0.3, 0.4) is 0 Å². The van der Waals surface area contributed by atoms with E-state index >= 15 is 0 Å². The van der Waals surface area contributed by atoms with Crippen LogP contribution in [-0.2, 0) is 6.18 Å². The summed E-state index contributed by atoms with van der Waals surface area (Å²) in [6.45, 7) is 0. The number of hydrogen-bond acceptors (Lipinski definition) is 3. The first-order chi connectivity index (χ1) is 10.7. The lowest BCUT2D eigenvalue weighted by atomic mass is 10.2. The maximum atomic E-state index is 12.6. The summed E-state index contributed by atoms with van der Waals surface area (Å²) >= 11 is 17.6. The topological polar surface area (TPSA) is 28.5 Å². The van der Waals surface area contributed by atoms with Crippen LogP contribution in [0, 0.1) is 0 Å². The fourth-order valence-corrected chi connectivity index (χ4v) is 2.38. The maximum Gasteiger partial charge on any atom is 0.417 e. The van der Waals surface area contributed by atoms with E-state index in [1.807, 2.05) is 0 Å². The van der Waals surface area contributed by atoms with Gasteiger partial charge in [-0.15, -0.1) is 0 Å². The van der Waals surface area contributed by atoms with Crippen molar-refractivity contribution in [2.45, 2.75) is 6.18 Å². The largest absolute Gasteiger partial charge is 0.417 e. The summed E-state index contributed by atoms with van der Waals surface area (Å²) < 4.78 is 37.7. The Morgan fingerprint density at radius 1 is 1.13 bits per heavy atom. The maximum absolute atomic E-state index is 12.6. The van der Waals surface area contributed by atoms with E-state index < -0.39 is 11.7 Å². The summed E-state index contributed by atoms with van der Waals surface area (Å²) in [7, 11) is 1.50. The van der Waals surface area contributed by atoms with Gasteiger partial charge >= 0.3 is 6.18 Å². The van der Waals surface area contributed by atoms with Gasteiger partial charge in [-0.25, -0.2) is 9.99 Å². The fourth-order valence-electron chi connectivity index (χ4n) is 1.63. The standard InChI is InChI=1S/C14H9Cl3F3N3/c1-23(22-6-8-2-3-10(15)5-11(8)16)13-12(17)4-9(7-21-13)14(18,19)20/h2-7H,1H3/b22-6-. The lowest BCUT2D eigenvalue weighted by Crippen LogP contribution is -2.13. The zero-order valence-electron chi connectivity index (χ0n) is 11.6. The number of benzene rings is 1. The molecule has 0 unspecified atom stereocenters. The Balaban J connectivity index is 2.23. The molecule has 0 radical (unpaired) electrons. The Morgan fingerprint density at radius 3 is 2.39 bits per heavy atom. The molecule has 23 heavy (non-hydrogen) atoms. The minimum Gasteiger partial charge on any atom is -0.250 e. The van der Waals surface area contributed by atoms with Crippen molar-refractivity contribution < 1.29 is 13.2 Å². The Bertz CT molecular complexity index is 748. The molecule has 9 heteroatoms. The van der Waals surface area contributed by atoms with Crippen LogP contribution >= 0.6 is 34.8 Å². The van der Waals surface area contributed by atoms with Crippen LogP contribution in [0.25, 0.3) is 0 Å². The summed E-state index contributed by atoms with van der Waals surface area (Å²) in [5.74, 6) is 0.0843. The zero-order chi connectivity index (χ0) is 17.2. The molecule has 0 aliphatic carbocycles. The predicted octanol–water partition coefficient (Wildman–Crippen LogP) is 5.53. The number of alkyl halides is 3. The van der Waals surface area contributed by atoms with Crippen molar-refractivity contribution in [3.8, 4) is 0 Å². The van der Waals surface area contributed by atoms with Gasteiger partial charge in [0.05, 0.1) is 21.8 Å². The van der Waals surface area contributed by atoms with Crippen molar-refractivity contribution >= 4 is 46.8 Å². The van der Waals surface area contributed by atoms with E-state index in [4.69, 9.17) is 34.8 Å². The van der Waals surface area contributed by atoms with Crippen molar-refractivity contribution in [1.82, 2.24) is 4.98 Å². The van der Waals surface area contributed by atoms with Crippen LogP contribution in [-0.4, -0.2) is 18.2 Å². The minimum atomic E-state index is -4.51. The van der Waals surface area contributed by atoms with Gasteiger partial charge in [0.2, 0.25) is 0 Å². The first kappa shape index (κ1) is 17.8. The summed E-state index contributed by atoms with van der Waals surface area (Å²) in [6, 6.07) is 5.64. The SMILES string of the molecule is CN(/N=C\c1ccc(Cl)cc1Cl)c1ncc(C(F)(F)F)cc1Cl. The Labute approximate surface area is 145 Å². The van der Waals surface area contributed by atoms with Gasteiger partial charge in [0.15, 0.2) is 5.82 Å². The molecule has 2 aromatic rings.